The zero-order valence-electron chi connectivity index (χ0n) is 10.9. The second kappa shape index (κ2) is 7.46. The summed E-state index contributed by atoms with van der Waals surface area (Å²) in [5.41, 5.74) is 2.31. The van der Waals surface area contributed by atoms with Crippen molar-refractivity contribution in [3.63, 3.8) is 0 Å². The monoisotopic (exact) mass is 417 g/mol. The van der Waals surface area contributed by atoms with Gasteiger partial charge in [0.15, 0.2) is 0 Å². The molecule has 2 rings (SSSR count). The number of halogens is 3. The van der Waals surface area contributed by atoms with Crippen LogP contribution in [0.15, 0.2) is 45.3 Å². The maximum Gasteiger partial charge on any atom is 0.138 e. The van der Waals surface area contributed by atoms with Gasteiger partial charge in [-0.15, -0.1) is 0 Å². The number of hydrogen-bond acceptors (Lipinski definition) is 2. The largest absolute Gasteiger partial charge is 0.487 e. The van der Waals surface area contributed by atoms with Crippen LogP contribution in [0.25, 0.3) is 0 Å². The van der Waals surface area contributed by atoms with E-state index in [4.69, 9.17) is 16.3 Å². The molecule has 0 heterocycles. The standard InChI is InChI=1S/C15H14Br2ClNO/c1-19-8-10-2-3-11(13(17)6-10)9-20-15-5-4-12(16)7-14(15)18/h2-7,19H,8-9H2,1H3. The van der Waals surface area contributed by atoms with Gasteiger partial charge in [0.05, 0.1) is 5.02 Å². The Morgan fingerprint density at radius 3 is 2.60 bits per heavy atom. The van der Waals surface area contributed by atoms with Gasteiger partial charge in [0.25, 0.3) is 0 Å². The van der Waals surface area contributed by atoms with Crippen molar-refractivity contribution >= 4 is 43.5 Å². The first-order valence-corrected chi connectivity index (χ1v) is 8.06. The molecule has 0 aliphatic rings. The summed E-state index contributed by atoms with van der Waals surface area (Å²) in [5, 5.41) is 3.73. The lowest BCUT2D eigenvalue weighted by atomic mass is 10.1. The molecule has 2 aromatic rings. The number of nitrogens with one attached hydrogen (secondary N) is 1. The normalized spacial score (nSPS) is 10.6. The summed E-state index contributed by atoms with van der Waals surface area (Å²) >= 11 is 13.1. The van der Waals surface area contributed by atoms with Crippen molar-refractivity contribution in [1.82, 2.24) is 5.32 Å². The number of benzene rings is 2. The topological polar surface area (TPSA) is 21.3 Å². The van der Waals surface area contributed by atoms with Crippen LogP contribution in [0.5, 0.6) is 5.75 Å². The van der Waals surface area contributed by atoms with Gasteiger partial charge < -0.3 is 10.1 Å². The van der Waals surface area contributed by atoms with Crippen LogP contribution in [0.3, 0.4) is 0 Å². The maximum atomic E-state index is 6.13. The SMILES string of the molecule is CNCc1ccc(COc2ccc(Br)cc2Cl)c(Br)c1. The van der Waals surface area contributed by atoms with Crippen molar-refractivity contribution in [2.24, 2.45) is 0 Å². The fourth-order valence-corrected chi connectivity index (χ4v) is 3.04. The van der Waals surface area contributed by atoms with Gasteiger partial charge in [0.2, 0.25) is 0 Å². The van der Waals surface area contributed by atoms with Crippen LogP contribution in [0.4, 0.5) is 0 Å². The van der Waals surface area contributed by atoms with E-state index in [0.29, 0.717) is 17.4 Å². The Bertz CT molecular complexity index is 604. The van der Waals surface area contributed by atoms with Gasteiger partial charge in [-0.2, -0.15) is 0 Å². The highest BCUT2D eigenvalue weighted by molar-refractivity contribution is 9.10. The predicted molar refractivity (Wildman–Crippen MR) is 90.4 cm³/mol. The minimum atomic E-state index is 0.474. The number of hydrogen-bond donors (Lipinski definition) is 1. The molecule has 106 valence electrons. The van der Waals surface area contributed by atoms with E-state index in [1.165, 1.54) is 5.56 Å². The summed E-state index contributed by atoms with van der Waals surface area (Å²) in [6.07, 6.45) is 0. The molecule has 0 spiro atoms. The first-order chi connectivity index (χ1) is 9.60. The second-order valence-corrected chi connectivity index (χ2v) is 6.50. The molecular weight excluding hydrogens is 405 g/mol. The molecule has 20 heavy (non-hydrogen) atoms. The van der Waals surface area contributed by atoms with Crippen molar-refractivity contribution in [3.05, 3.63) is 61.5 Å². The van der Waals surface area contributed by atoms with Crippen LogP contribution in [0.2, 0.25) is 5.02 Å². The van der Waals surface area contributed by atoms with Crippen LogP contribution in [0.1, 0.15) is 11.1 Å². The van der Waals surface area contributed by atoms with Gasteiger partial charge in [0, 0.05) is 21.1 Å². The molecule has 0 radical (unpaired) electrons. The van der Waals surface area contributed by atoms with Crippen molar-refractivity contribution in [1.29, 1.82) is 0 Å². The molecule has 0 aromatic heterocycles. The summed E-state index contributed by atoms with van der Waals surface area (Å²) in [7, 11) is 1.93. The molecule has 0 amide bonds. The van der Waals surface area contributed by atoms with Gasteiger partial charge in [-0.3, -0.25) is 0 Å². The van der Waals surface area contributed by atoms with Gasteiger partial charge in [-0.25, -0.2) is 0 Å². The lowest BCUT2D eigenvalue weighted by Gasteiger charge is -2.11. The first kappa shape index (κ1) is 15.8. The fraction of sp³-hybridized carbons (Fsp3) is 0.200. The van der Waals surface area contributed by atoms with Gasteiger partial charge >= 0.3 is 0 Å². The van der Waals surface area contributed by atoms with E-state index in [1.807, 2.05) is 25.2 Å². The quantitative estimate of drug-likeness (QED) is 0.723. The third-order valence-corrected chi connectivity index (χ3v) is 4.30. The van der Waals surface area contributed by atoms with Gasteiger partial charge in [0.1, 0.15) is 12.4 Å². The maximum absolute atomic E-state index is 6.13. The van der Waals surface area contributed by atoms with Crippen LogP contribution in [-0.4, -0.2) is 7.05 Å². The molecule has 0 saturated carbocycles. The number of rotatable bonds is 5. The Morgan fingerprint density at radius 2 is 1.95 bits per heavy atom. The molecule has 2 aromatic carbocycles. The highest BCUT2D eigenvalue weighted by Crippen LogP contribution is 2.29. The van der Waals surface area contributed by atoms with Gasteiger partial charge in [-0.05, 0) is 36.9 Å². The van der Waals surface area contributed by atoms with E-state index in [2.05, 4.69) is 55.4 Å². The predicted octanol–water partition coefficient (Wildman–Crippen LogP) is 5.16. The minimum absolute atomic E-state index is 0.474. The molecule has 5 heteroatoms. The van der Waals surface area contributed by atoms with Crippen molar-refractivity contribution < 1.29 is 4.74 Å². The minimum Gasteiger partial charge on any atom is -0.487 e. The van der Waals surface area contributed by atoms with Crippen LogP contribution >= 0.6 is 43.5 Å². The molecule has 0 saturated heterocycles. The summed E-state index contributed by atoms with van der Waals surface area (Å²) < 4.78 is 7.74. The summed E-state index contributed by atoms with van der Waals surface area (Å²) in [6.45, 7) is 1.32. The lowest BCUT2D eigenvalue weighted by molar-refractivity contribution is 0.305. The molecule has 0 bridgehead atoms. The molecule has 1 N–H and O–H groups in total. The van der Waals surface area contributed by atoms with Crippen LogP contribution < -0.4 is 10.1 Å². The Morgan fingerprint density at radius 1 is 1.15 bits per heavy atom. The Hall–Kier alpha value is -0.550. The Labute approximate surface area is 140 Å². The van der Waals surface area contributed by atoms with Crippen molar-refractivity contribution in [2.75, 3.05) is 7.05 Å². The molecule has 2 nitrogen and oxygen atoms in total. The van der Waals surface area contributed by atoms with Crippen LogP contribution in [0, 0.1) is 0 Å². The Kier molecular flexibility index (Phi) is 5.90. The van der Waals surface area contributed by atoms with E-state index in [-0.39, 0.29) is 0 Å². The highest BCUT2D eigenvalue weighted by Gasteiger charge is 2.05. The van der Waals surface area contributed by atoms with E-state index >= 15 is 0 Å². The molecule has 0 unspecified atom stereocenters. The third-order valence-electron chi connectivity index (χ3n) is 2.78. The lowest BCUT2D eigenvalue weighted by Crippen LogP contribution is -2.05. The summed E-state index contributed by atoms with van der Waals surface area (Å²) in [5.74, 6) is 0.682. The van der Waals surface area contributed by atoms with Crippen LogP contribution in [-0.2, 0) is 13.2 Å². The molecule has 0 fully saturated rings. The molecule has 0 aliphatic carbocycles. The van der Waals surface area contributed by atoms with E-state index in [1.54, 1.807) is 0 Å². The second-order valence-electron chi connectivity index (χ2n) is 4.32. The molecular formula is C15H14Br2ClNO. The van der Waals surface area contributed by atoms with E-state index < -0.39 is 0 Å². The third kappa shape index (κ3) is 4.22. The number of ether oxygens (including phenoxy) is 1. The first-order valence-electron chi connectivity index (χ1n) is 6.10. The van der Waals surface area contributed by atoms with Crippen molar-refractivity contribution in [3.8, 4) is 5.75 Å². The zero-order chi connectivity index (χ0) is 14.5. The smallest absolute Gasteiger partial charge is 0.138 e. The van der Waals surface area contributed by atoms with E-state index in [9.17, 15) is 0 Å². The van der Waals surface area contributed by atoms with Gasteiger partial charge in [-0.1, -0.05) is 55.6 Å². The zero-order valence-corrected chi connectivity index (χ0v) is 14.8. The fourth-order valence-electron chi connectivity index (χ4n) is 1.77. The summed E-state index contributed by atoms with van der Waals surface area (Å²) in [4.78, 5) is 0. The average molecular weight is 420 g/mol. The average Bonchev–Trinajstić information content (AvgIpc) is 2.40. The Balaban J connectivity index is 2.07. The van der Waals surface area contributed by atoms with E-state index in [0.717, 1.165) is 21.1 Å². The molecule has 0 atom stereocenters. The summed E-state index contributed by atoms with van der Waals surface area (Å²) in [6, 6.07) is 11.8. The highest BCUT2D eigenvalue weighted by atomic mass is 79.9. The van der Waals surface area contributed by atoms with Crippen molar-refractivity contribution in [2.45, 2.75) is 13.2 Å². The molecule has 0 aliphatic heterocycles.